The summed E-state index contributed by atoms with van der Waals surface area (Å²) >= 11 is 0. The number of rotatable bonds is 1. The smallest absolute Gasteiger partial charge is 0.333 e. The number of aromatic nitrogens is 1. The predicted octanol–water partition coefficient (Wildman–Crippen LogP) is 14.8. The van der Waals surface area contributed by atoms with Gasteiger partial charge >= 0.3 is 6.85 Å². The van der Waals surface area contributed by atoms with E-state index in [0.29, 0.717) is 0 Å². The lowest BCUT2D eigenvalue weighted by Gasteiger charge is -2.46. The van der Waals surface area contributed by atoms with E-state index in [0.717, 1.165) is 51.6 Å². The third-order valence-electron chi connectivity index (χ3n) is 15.5. The Morgan fingerprint density at radius 2 is 1.19 bits per heavy atom. The molecular formula is C58H53BN2O2. The van der Waals surface area contributed by atoms with E-state index in [1.807, 2.05) is 0 Å². The van der Waals surface area contributed by atoms with Gasteiger partial charge in [-0.25, -0.2) is 0 Å². The standard InChI is InChI=1S/C58H53BN2O2/c1-55(2,3)32-19-22-34(23-20-32)61-44-30-41-40(57(7,8)25-26-58(41,9)10)28-39(44)49-50-36-16-12-14-18-47(36)63-54(50)51-38-27-33(56(4,5)6)21-24-43(38)60-45-31-48-37(35-15-11-13-17-46(35)62-48)29-42(45)59(61)52(49)53(51)60/h11-24,27-31H,25-26H2,1-10H3. The molecule has 0 saturated heterocycles. The molecule has 0 saturated carbocycles. The number of nitrogens with zero attached hydrogens (tertiary/aromatic N) is 2. The van der Waals surface area contributed by atoms with Crippen molar-refractivity contribution in [3.63, 3.8) is 0 Å². The molecule has 63 heavy (non-hydrogen) atoms. The molecule has 0 spiro atoms. The minimum atomic E-state index is -0.154. The SMILES string of the molecule is CC(C)(C)c1ccc(N2B3c4cc5c(cc4-n4c6ccc(C(C)(C)C)cc6c6c7oc8ccccc8c7c(c3c64)-c3cc4c(cc32)C(C)(C)CCC4(C)C)oc2ccccc25)cc1. The van der Waals surface area contributed by atoms with Crippen molar-refractivity contribution in [1.82, 2.24) is 4.57 Å². The van der Waals surface area contributed by atoms with Gasteiger partial charge in [0.05, 0.1) is 16.4 Å². The van der Waals surface area contributed by atoms with Crippen molar-refractivity contribution >= 4 is 94.8 Å². The van der Waals surface area contributed by atoms with Crippen LogP contribution in [-0.4, -0.2) is 11.4 Å². The molecule has 0 radical (unpaired) electrons. The fourth-order valence-corrected chi connectivity index (χ4v) is 11.9. The van der Waals surface area contributed by atoms with Gasteiger partial charge in [-0.15, -0.1) is 0 Å². The third-order valence-corrected chi connectivity index (χ3v) is 15.5. The summed E-state index contributed by atoms with van der Waals surface area (Å²) < 4.78 is 16.6. The van der Waals surface area contributed by atoms with Crippen molar-refractivity contribution in [3.05, 3.63) is 138 Å². The average Bonchev–Trinajstić information content (AvgIpc) is 3.92. The molecule has 5 heteroatoms. The van der Waals surface area contributed by atoms with Gasteiger partial charge in [0.25, 0.3) is 0 Å². The van der Waals surface area contributed by atoms with Crippen LogP contribution < -0.4 is 15.7 Å². The van der Waals surface area contributed by atoms with Crippen LogP contribution in [0, 0.1) is 0 Å². The summed E-state index contributed by atoms with van der Waals surface area (Å²) in [5, 5.41) is 7.08. The van der Waals surface area contributed by atoms with Crippen LogP contribution in [0.1, 0.15) is 104 Å². The maximum Gasteiger partial charge on any atom is 0.333 e. The summed E-state index contributed by atoms with van der Waals surface area (Å²) in [7, 11) is 0. The lowest BCUT2D eigenvalue weighted by atomic mass is 9.43. The van der Waals surface area contributed by atoms with E-state index in [1.54, 1.807) is 0 Å². The molecule has 10 aromatic rings. The molecule has 13 rings (SSSR count). The van der Waals surface area contributed by atoms with Crippen LogP contribution >= 0.6 is 0 Å². The van der Waals surface area contributed by atoms with Gasteiger partial charge in [0.1, 0.15) is 22.3 Å². The van der Waals surface area contributed by atoms with Gasteiger partial charge in [0.15, 0.2) is 0 Å². The van der Waals surface area contributed by atoms with Gasteiger partial charge in [-0.3, -0.25) is 0 Å². The summed E-state index contributed by atoms with van der Waals surface area (Å²) in [6.07, 6.45) is 2.29. The van der Waals surface area contributed by atoms with Crippen LogP contribution in [0.5, 0.6) is 0 Å². The van der Waals surface area contributed by atoms with E-state index >= 15 is 0 Å². The van der Waals surface area contributed by atoms with Crippen LogP contribution in [0.25, 0.3) is 82.5 Å². The minimum Gasteiger partial charge on any atom is -0.456 e. The van der Waals surface area contributed by atoms with Crippen molar-refractivity contribution in [2.24, 2.45) is 0 Å². The number of furan rings is 2. The van der Waals surface area contributed by atoms with E-state index in [-0.39, 0.29) is 28.5 Å². The quantitative estimate of drug-likeness (QED) is 0.155. The summed E-state index contributed by atoms with van der Waals surface area (Å²) in [5.41, 5.74) is 20.5. The highest BCUT2D eigenvalue weighted by Crippen LogP contribution is 2.55. The zero-order chi connectivity index (χ0) is 43.3. The summed E-state index contributed by atoms with van der Waals surface area (Å²) in [6, 6.07) is 43.9. The molecule has 4 nitrogen and oxygen atoms in total. The third kappa shape index (κ3) is 4.89. The van der Waals surface area contributed by atoms with Crippen molar-refractivity contribution in [1.29, 1.82) is 0 Å². The molecule has 310 valence electrons. The van der Waals surface area contributed by atoms with E-state index in [1.165, 1.54) is 88.3 Å². The van der Waals surface area contributed by atoms with Gasteiger partial charge in [0, 0.05) is 55.6 Å². The summed E-state index contributed by atoms with van der Waals surface area (Å²) in [6.45, 7) is 23.6. The lowest BCUT2D eigenvalue weighted by Crippen LogP contribution is -2.60. The maximum atomic E-state index is 7.25. The van der Waals surface area contributed by atoms with Crippen LogP contribution in [0.2, 0.25) is 0 Å². The Hall–Kier alpha value is -6.20. The molecule has 7 aromatic carbocycles. The number of hydrogen-bond donors (Lipinski definition) is 0. The summed E-state index contributed by atoms with van der Waals surface area (Å²) in [5.74, 6) is 0. The molecular weight excluding hydrogens is 767 g/mol. The molecule has 0 atom stereocenters. The normalized spacial score (nSPS) is 16.5. The largest absolute Gasteiger partial charge is 0.456 e. The highest BCUT2D eigenvalue weighted by atomic mass is 16.3. The monoisotopic (exact) mass is 820 g/mol. The van der Waals surface area contributed by atoms with Crippen molar-refractivity contribution in [2.75, 3.05) is 4.81 Å². The van der Waals surface area contributed by atoms with Crippen LogP contribution in [0.4, 0.5) is 11.4 Å². The average molecular weight is 821 g/mol. The second-order valence-corrected chi connectivity index (χ2v) is 22.4. The number of fused-ring (bicyclic) bond motifs is 17. The van der Waals surface area contributed by atoms with E-state index in [9.17, 15) is 0 Å². The second kappa shape index (κ2) is 11.9. The molecule has 0 fully saturated rings. The second-order valence-electron chi connectivity index (χ2n) is 22.4. The van der Waals surface area contributed by atoms with Crippen molar-refractivity contribution < 1.29 is 8.83 Å². The fraction of sp³-hybridized carbons (Fsp3) is 0.276. The molecule has 0 bridgehead atoms. The number of anilines is 2. The topological polar surface area (TPSA) is 34.5 Å². The molecule has 0 unspecified atom stereocenters. The first-order chi connectivity index (χ1) is 30.0. The Balaban J connectivity index is 1.29. The first-order valence-corrected chi connectivity index (χ1v) is 23.0. The van der Waals surface area contributed by atoms with Gasteiger partial charge in [0.2, 0.25) is 0 Å². The first kappa shape index (κ1) is 37.4. The highest BCUT2D eigenvalue weighted by molar-refractivity contribution is 6.94. The zero-order valence-electron chi connectivity index (χ0n) is 38.2. The Kier molecular flexibility index (Phi) is 7.04. The number of hydrogen-bond acceptors (Lipinski definition) is 3. The van der Waals surface area contributed by atoms with Crippen molar-refractivity contribution in [3.8, 4) is 16.8 Å². The van der Waals surface area contributed by atoms with Gasteiger partial charge in [-0.2, -0.15) is 0 Å². The Morgan fingerprint density at radius 1 is 0.556 bits per heavy atom. The maximum absolute atomic E-state index is 7.25. The number of para-hydroxylation sites is 2. The fourth-order valence-electron chi connectivity index (χ4n) is 11.9. The summed E-state index contributed by atoms with van der Waals surface area (Å²) in [4.78, 5) is 2.71. The van der Waals surface area contributed by atoms with Crippen LogP contribution in [-0.2, 0) is 21.7 Å². The minimum absolute atomic E-state index is 0.0209. The lowest BCUT2D eigenvalue weighted by molar-refractivity contribution is 0.332. The highest BCUT2D eigenvalue weighted by Gasteiger charge is 2.48. The molecule has 2 aliphatic heterocycles. The molecule has 3 aliphatic rings. The molecule has 1 aliphatic carbocycles. The first-order valence-electron chi connectivity index (χ1n) is 23.0. The Morgan fingerprint density at radius 3 is 1.89 bits per heavy atom. The predicted molar refractivity (Wildman–Crippen MR) is 267 cm³/mol. The molecule has 5 heterocycles. The van der Waals surface area contributed by atoms with Gasteiger partial charge in [-0.1, -0.05) is 130 Å². The van der Waals surface area contributed by atoms with E-state index in [4.69, 9.17) is 8.83 Å². The van der Waals surface area contributed by atoms with Crippen LogP contribution in [0.3, 0.4) is 0 Å². The van der Waals surface area contributed by atoms with E-state index in [2.05, 4.69) is 194 Å². The van der Waals surface area contributed by atoms with Crippen LogP contribution in [0.15, 0.2) is 124 Å². The zero-order valence-corrected chi connectivity index (χ0v) is 38.2. The van der Waals surface area contributed by atoms with Gasteiger partial charge < -0.3 is 18.2 Å². The number of benzene rings is 7. The van der Waals surface area contributed by atoms with Gasteiger partial charge in [-0.05, 0) is 122 Å². The Bertz CT molecular complexity index is 3650. The Labute approximate surface area is 369 Å². The molecule has 0 N–H and O–H groups in total. The molecule has 3 aromatic heterocycles. The van der Waals surface area contributed by atoms with E-state index < -0.39 is 0 Å². The van der Waals surface area contributed by atoms with Crippen molar-refractivity contribution in [2.45, 2.75) is 104 Å². The molecule has 0 amide bonds.